The van der Waals surface area contributed by atoms with Crippen molar-refractivity contribution in [1.29, 1.82) is 0 Å². The van der Waals surface area contributed by atoms with Crippen molar-refractivity contribution >= 4 is 116 Å². The zero-order chi connectivity index (χ0) is 17.3. The van der Waals surface area contributed by atoms with Crippen LogP contribution >= 0.6 is 85.7 Å². The first-order chi connectivity index (χ1) is 11.5. The van der Waals surface area contributed by atoms with Crippen LogP contribution in [0.1, 0.15) is 11.1 Å². The maximum atomic E-state index is 5.58. The fourth-order valence-corrected chi connectivity index (χ4v) is 4.72. The van der Waals surface area contributed by atoms with Gasteiger partial charge in [0.25, 0.3) is 0 Å². The van der Waals surface area contributed by atoms with E-state index in [1.165, 1.54) is 25.7 Å². The summed E-state index contributed by atoms with van der Waals surface area (Å²) in [7, 11) is 0. The third-order valence-electron chi connectivity index (χ3n) is 3.69. The van der Waals surface area contributed by atoms with Crippen LogP contribution in [0.25, 0.3) is 20.2 Å². The van der Waals surface area contributed by atoms with Crippen LogP contribution in [-0.4, -0.2) is 10.2 Å². The van der Waals surface area contributed by atoms with E-state index < -0.39 is 0 Å². The lowest BCUT2D eigenvalue weighted by Gasteiger charge is -2.07. The van der Waals surface area contributed by atoms with Crippen molar-refractivity contribution < 1.29 is 0 Å². The Hall–Kier alpha value is -0.520. The number of thiocarbonyl (C=S) groups is 2. The Bertz CT molecular complexity index is 959. The van der Waals surface area contributed by atoms with E-state index in [-0.39, 0.29) is 34.0 Å². The summed E-state index contributed by atoms with van der Waals surface area (Å²) in [6.07, 6.45) is 0. The minimum atomic E-state index is 0. The van der Waals surface area contributed by atoms with Crippen LogP contribution in [-0.2, 0) is 13.1 Å². The number of thiophene rings is 1. The fourth-order valence-electron chi connectivity index (χ4n) is 2.61. The van der Waals surface area contributed by atoms with Gasteiger partial charge in [-0.05, 0) is 36.1 Å². The summed E-state index contributed by atoms with van der Waals surface area (Å²) in [6, 6.07) is 10.5. The van der Waals surface area contributed by atoms with E-state index in [0.29, 0.717) is 23.3 Å². The quantitative estimate of drug-likeness (QED) is 0.327. The van der Waals surface area contributed by atoms with Gasteiger partial charge in [0.05, 0.1) is 0 Å². The average Bonchev–Trinajstić information content (AvgIpc) is 2.90. The minimum Gasteiger partial charge on any atom is -0.376 e. The molecule has 0 aliphatic heterocycles. The molecule has 0 aliphatic carbocycles. The average molecular weight is 601 g/mol. The lowest BCUT2D eigenvalue weighted by atomic mass is 10.1. The van der Waals surface area contributed by atoms with Gasteiger partial charge in [-0.25, -0.2) is 0 Å². The molecule has 3 aromatic rings. The summed E-state index contributed by atoms with van der Waals surface area (Å²) in [5.41, 5.74) is 13.5. The van der Waals surface area contributed by atoms with Crippen molar-refractivity contribution in [1.82, 2.24) is 10.6 Å². The normalized spacial score (nSPS) is 10.0. The van der Waals surface area contributed by atoms with Gasteiger partial charge in [-0.3, -0.25) is 0 Å². The van der Waals surface area contributed by atoms with Gasteiger partial charge < -0.3 is 22.1 Å². The molecular weight excluding hydrogens is 584 g/mol. The predicted molar refractivity (Wildman–Crippen MR) is 135 cm³/mol. The molecule has 0 spiro atoms. The molecule has 140 valence electrons. The number of halogens is 3. The van der Waals surface area contributed by atoms with Crippen LogP contribution in [0.5, 0.6) is 0 Å². The number of nitrogens with two attached hydrogens (primary N) is 2. The van der Waals surface area contributed by atoms with Gasteiger partial charge in [0.15, 0.2) is 10.2 Å². The fraction of sp³-hybridized carbons (Fsp3) is 0.125. The molecule has 0 aliphatic rings. The van der Waals surface area contributed by atoms with Gasteiger partial charge in [0.2, 0.25) is 0 Å². The van der Waals surface area contributed by atoms with Gasteiger partial charge in [-0.1, -0.05) is 40.2 Å². The van der Waals surface area contributed by atoms with Crippen molar-refractivity contribution in [3.63, 3.8) is 0 Å². The Labute approximate surface area is 195 Å². The molecule has 0 fully saturated rings. The zero-order valence-electron chi connectivity index (χ0n) is 13.4. The van der Waals surface area contributed by atoms with E-state index >= 15 is 0 Å². The molecular formula is C16H17Br3N4S3. The standard InChI is InChI=1S/C16H15BrN4S3.2BrH/c17-12-5-4-10-9-3-1-2-8(6-20-15(18)22)13(9)24-14(10)11(12)7-21-16(19)23;;/h1-5H,6-7H2,(H3,18,20,22)(H3,19,21,23);2*1H. The molecule has 10 heteroatoms. The van der Waals surface area contributed by atoms with E-state index in [0.717, 1.165) is 10.0 Å². The molecule has 0 atom stereocenters. The highest BCUT2D eigenvalue weighted by molar-refractivity contribution is 9.10. The largest absolute Gasteiger partial charge is 0.376 e. The monoisotopic (exact) mass is 598 g/mol. The minimum absolute atomic E-state index is 0. The highest BCUT2D eigenvalue weighted by Gasteiger charge is 2.14. The van der Waals surface area contributed by atoms with Crippen LogP contribution in [0.15, 0.2) is 34.8 Å². The second kappa shape index (κ2) is 10.1. The smallest absolute Gasteiger partial charge is 0.163 e. The molecule has 26 heavy (non-hydrogen) atoms. The van der Waals surface area contributed by atoms with Gasteiger partial charge in [0, 0.05) is 43.3 Å². The molecule has 3 rings (SSSR count). The maximum absolute atomic E-state index is 5.58. The van der Waals surface area contributed by atoms with Gasteiger partial charge >= 0.3 is 0 Å². The van der Waals surface area contributed by atoms with Gasteiger partial charge in [0.1, 0.15) is 0 Å². The topological polar surface area (TPSA) is 76.1 Å². The predicted octanol–water partition coefficient (Wildman–Crippen LogP) is 4.64. The van der Waals surface area contributed by atoms with E-state index in [1.54, 1.807) is 11.3 Å². The Kier molecular flexibility index (Phi) is 9.17. The molecule has 0 amide bonds. The van der Waals surface area contributed by atoms with E-state index in [4.69, 9.17) is 35.9 Å². The van der Waals surface area contributed by atoms with E-state index in [9.17, 15) is 0 Å². The van der Waals surface area contributed by atoms with Crippen molar-refractivity contribution in [2.45, 2.75) is 13.1 Å². The Morgan fingerprint density at radius 2 is 1.54 bits per heavy atom. The number of rotatable bonds is 4. The summed E-state index contributed by atoms with van der Waals surface area (Å²) >= 11 is 15.2. The highest BCUT2D eigenvalue weighted by Crippen LogP contribution is 2.40. The van der Waals surface area contributed by atoms with Crippen molar-refractivity contribution in [2.75, 3.05) is 0 Å². The molecule has 2 aromatic carbocycles. The van der Waals surface area contributed by atoms with E-state index in [2.05, 4.69) is 56.9 Å². The third-order valence-corrected chi connectivity index (χ3v) is 6.07. The van der Waals surface area contributed by atoms with Crippen molar-refractivity contribution in [3.8, 4) is 0 Å². The molecule has 0 saturated carbocycles. The number of hydrogen-bond acceptors (Lipinski definition) is 3. The molecule has 1 heterocycles. The molecule has 0 unspecified atom stereocenters. The number of hydrogen-bond donors (Lipinski definition) is 4. The van der Waals surface area contributed by atoms with Crippen LogP contribution in [0.2, 0.25) is 0 Å². The number of fused-ring (bicyclic) bond motifs is 3. The summed E-state index contributed by atoms with van der Waals surface area (Å²) in [6.45, 7) is 1.20. The van der Waals surface area contributed by atoms with Crippen molar-refractivity contribution in [3.05, 3.63) is 45.9 Å². The lowest BCUT2D eigenvalue weighted by Crippen LogP contribution is -2.28. The van der Waals surface area contributed by atoms with E-state index in [1.807, 2.05) is 0 Å². The van der Waals surface area contributed by atoms with Crippen LogP contribution < -0.4 is 22.1 Å². The molecule has 0 radical (unpaired) electrons. The highest BCUT2D eigenvalue weighted by atomic mass is 79.9. The Balaban J connectivity index is 0.00000169. The molecule has 0 saturated heterocycles. The molecule has 1 aromatic heterocycles. The first-order valence-electron chi connectivity index (χ1n) is 7.15. The first kappa shape index (κ1) is 23.5. The second-order valence-electron chi connectivity index (χ2n) is 5.23. The van der Waals surface area contributed by atoms with Gasteiger partial charge in [-0.15, -0.1) is 45.3 Å². The number of benzene rings is 2. The van der Waals surface area contributed by atoms with Crippen LogP contribution in [0, 0.1) is 0 Å². The summed E-state index contributed by atoms with van der Waals surface area (Å²) in [4.78, 5) is 0. The Morgan fingerprint density at radius 1 is 0.923 bits per heavy atom. The third kappa shape index (κ3) is 5.05. The molecule has 4 nitrogen and oxygen atoms in total. The SMILES string of the molecule is Br.Br.NC(=S)NCc1cccc2c1sc1c(CNC(N)=S)c(Br)ccc12. The summed E-state index contributed by atoms with van der Waals surface area (Å²) in [5.74, 6) is 0. The Morgan fingerprint density at radius 3 is 2.19 bits per heavy atom. The van der Waals surface area contributed by atoms with Crippen molar-refractivity contribution in [2.24, 2.45) is 11.5 Å². The van der Waals surface area contributed by atoms with Crippen LogP contribution in [0.3, 0.4) is 0 Å². The number of nitrogens with one attached hydrogen (secondary N) is 2. The molecule has 0 bridgehead atoms. The zero-order valence-corrected chi connectivity index (χ0v) is 20.8. The maximum Gasteiger partial charge on any atom is 0.163 e. The second-order valence-corrected chi connectivity index (χ2v) is 7.99. The first-order valence-corrected chi connectivity index (χ1v) is 9.58. The lowest BCUT2D eigenvalue weighted by molar-refractivity contribution is 0.925. The summed E-state index contributed by atoms with van der Waals surface area (Å²) < 4.78 is 3.48. The van der Waals surface area contributed by atoms with Gasteiger partial charge in [-0.2, -0.15) is 0 Å². The van der Waals surface area contributed by atoms with Crippen LogP contribution in [0.4, 0.5) is 0 Å². The summed E-state index contributed by atoms with van der Waals surface area (Å²) in [5, 5.41) is 9.10. The molecule has 6 N–H and O–H groups in total.